The summed E-state index contributed by atoms with van der Waals surface area (Å²) in [6.07, 6.45) is 7.71. The van der Waals surface area contributed by atoms with Crippen LogP contribution in [0.1, 0.15) is 31.2 Å². The van der Waals surface area contributed by atoms with E-state index in [1.807, 2.05) is 0 Å². The van der Waals surface area contributed by atoms with Gasteiger partial charge in [0.2, 0.25) is 0 Å². The van der Waals surface area contributed by atoms with Gasteiger partial charge in [0.25, 0.3) is 0 Å². The first kappa shape index (κ1) is 11.3. The molecule has 2 aliphatic rings. The lowest BCUT2D eigenvalue weighted by Gasteiger charge is -2.35. The molecule has 2 heteroatoms. The van der Waals surface area contributed by atoms with Crippen molar-refractivity contribution in [3.8, 4) is 0 Å². The molecule has 1 aliphatic heterocycles. The van der Waals surface area contributed by atoms with E-state index in [1.165, 1.54) is 31.2 Å². The summed E-state index contributed by atoms with van der Waals surface area (Å²) in [6, 6.07) is 8.36. The van der Waals surface area contributed by atoms with Crippen molar-refractivity contribution in [1.82, 2.24) is 0 Å². The normalized spacial score (nSPS) is 24.8. The number of hydrogen-bond donors (Lipinski definition) is 0. The molecular weight excluding hydrogens is 276 g/mol. The van der Waals surface area contributed by atoms with Crippen LogP contribution in [0, 0.1) is 11.8 Å². The Morgan fingerprint density at radius 1 is 1.06 bits per heavy atom. The van der Waals surface area contributed by atoms with Crippen molar-refractivity contribution in [3.05, 3.63) is 40.4 Å². The van der Waals surface area contributed by atoms with Gasteiger partial charge in [-0.05, 0) is 36.5 Å². The predicted octanol–water partition coefficient (Wildman–Crippen LogP) is 4.63. The highest BCUT2D eigenvalue weighted by Crippen LogP contribution is 2.38. The molecule has 1 aromatic rings. The third-order valence-electron chi connectivity index (χ3n) is 4.00. The second kappa shape index (κ2) is 4.85. The molecule has 1 nitrogen and oxygen atoms in total. The van der Waals surface area contributed by atoms with Gasteiger partial charge < -0.3 is 4.74 Å². The summed E-state index contributed by atoms with van der Waals surface area (Å²) >= 11 is 3.45. The molecule has 90 valence electrons. The highest BCUT2D eigenvalue weighted by Gasteiger charge is 2.29. The molecule has 1 saturated carbocycles. The molecule has 1 aliphatic carbocycles. The van der Waals surface area contributed by atoms with E-state index in [1.54, 1.807) is 0 Å². The molecule has 1 aromatic carbocycles. The van der Waals surface area contributed by atoms with Gasteiger partial charge >= 0.3 is 0 Å². The topological polar surface area (TPSA) is 9.23 Å². The van der Waals surface area contributed by atoms with Crippen molar-refractivity contribution in [1.29, 1.82) is 0 Å². The smallest absolute Gasteiger partial charge is 0.122 e. The first-order valence-corrected chi connectivity index (χ1v) is 7.21. The third-order valence-corrected chi connectivity index (χ3v) is 4.53. The summed E-state index contributed by atoms with van der Waals surface area (Å²) in [5.41, 5.74) is 1.19. The molecule has 0 radical (unpaired) electrons. The Balaban J connectivity index is 1.69. The minimum Gasteiger partial charge on any atom is -0.493 e. The van der Waals surface area contributed by atoms with Crippen LogP contribution in [0.15, 0.2) is 34.8 Å². The lowest BCUT2D eigenvalue weighted by Crippen LogP contribution is -2.27. The van der Waals surface area contributed by atoms with Crippen molar-refractivity contribution in [3.63, 3.8) is 0 Å². The SMILES string of the molecule is Brc1ccc(C2=CCC(C3CCC3)CO2)cc1. The monoisotopic (exact) mass is 292 g/mol. The summed E-state index contributed by atoms with van der Waals surface area (Å²) in [5, 5.41) is 0. The second-order valence-electron chi connectivity index (χ2n) is 5.07. The van der Waals surface area contributed by atoms with Gasteiger partial charge in [0.1, 0.15) is 5.76 Å². The number of rotatable bonds is 2. The van der Waals surface area contributed by atoms with Gasteiger partial charge in [-0.2, -0.15) is 0 Å². The Morgan fingerprint density at radius 2 is 1.82 bits per heavy atom. The first-order valence-electron chi connectivity index (χ1n) is 6.42. The molecule has 0 spiro atoms. The Hall–Kier alpha value is -0.760. The zero-order valence-electron chi connectivity index (χ0n) is 9.86. The molecule has 0 amide bonds. The molecular formula is C15H17BrO. The standard InChI is InChI=1S/C15H17BrO/c16-14-7-4-12(5-8-14)15-9-6-13(10-17-15)11-2-1-3-11/h4-5,7-9,11,13H,1-3,6,10H2. The molecule has 0 saturated heterocycles. The summed E-state index contributed by atoms with van der Waals surface area (Å²) in [6.45, 7) is 0.909. The predicted molar refractivity (Wildman–Crippen MR) is 73.5 cm³/mol. The van der Waals surface area contributed by atoms with Crippen LogP contribution in [0.25, 0.3) is 5.76 Å². The molecule has 1 heterocycles. The highest BCUT2D eigenvalue weighted by atomic mass is 79.9. The zero-order chi connectivity index (χ0) is 11.7. The average molecular weight is 293 g/mol. The van der Waals surface area contributed by atoms with Gasteiger partial charge in [0.15, 0.2) is 0 Å². The maximum atomic E-state index is 5.92. The van der Waals surface area contributed by atoms with Crippen LogP contribution >= 0.6 is 15.9 Å². The van der Waals surface area contributed by atoms with Crippen LogP contribution in [0.4, 0.5) is 0 Å². The summed E-state index contributed by atoms with van der Waals surface area (Å²) < 4.78 is 7.03. The van der Waals surface area contributed by atoms with Crippen molar-refractivity contribution in [2.24, 2.45) is 11.8 Å². The van der Waals surface area contributed by atoms with Crippen LogP contribution in [-0.2, 0) is 4.74 Å². The van der Waals surface area contributed by atoms with Gasteiger partial charge in [0, 0.05) is 10.0 Å². The quantitative estimate of drug-likeness (QED) is 0.772. The summed E-state index contributed by atoms with van der Waals surface area (Å²) in [7, 11) is 0. The van der Waals surface area contributed by atoms with Crippen molar-refractivity contribution in [2.75, 3.05) is 6.61 Å². The van der Waals surface area contributed by atoms with Gasteiger partial charge in [-0.1, -0.05) is 47.3 Å². The Morgan fingerprint density at radius 3 is 2.35 bits per heavy atom. The maximum absolute atomic E-state index is 5.92. The number of halogens is 1. The highest BCUT2D eigenvalue weighted by molar-refractivity contribution is 9.10. The number of ether oxygens (including phenoxy) is 1. The van der Waals surface area contributed by atoms with Crippen molar-refractivity contribution >= 4 is 21.7 Å². The fourth-order valence-corrected chi connectivity index (χ4v) is 2.90. The molecule has 3 rings (SSSR count). The Labute approximate surface area is 111 Å². The van der Waals surface area contributed by atoms with Crippen LogP contribution in [0.2, 0.25) is 0 Å². The second-order valence-corrected chi connectivity index (χ2v) is 5.99. The molecule has 1 unspecified atom stereocenters. The van der Waals surface area contributed by atoms with E-state index < -0.39 is 0 Å². The molecule has 0 bridgehead atoms. The van der Waals surface area contributed by atoms with Gasteiger partial charge in [-0.25, -0.2) is 0 Å². The van der Waals surface area contributed by atoms with E-state index in [0.717, 1.165) is 28.7 Å². The lowest BCUT2D eigenvalue weighted by molar-refractivity contribution is 0.111. The van der Waals surface area contributed by atoms with Gasteiger partial charge in [0.05, 0.1) is 6.61 Å². The van der Waals surface area contributed by atoms with E-state index in [9.17, 15) is 0 Å². The molecule has 0 N–H and O–H groups in total. The van der Waals surface area contributed by atoms with E-state index >= 15 is 0 Å². The Kier molecular flexibility index (Phi) is 3.24. The van der Waals surface area contributed by atoms with E-state index in [0.29, 0.717) is 0 Å². The van der Waals surface area contributed by atoms with E-state index in [-0.39, 0.29) is 0 Å². The number of allylic oxidation sites excluding steroid dienone is 1. The first-order chi connectivity index (χ1) is 8.33. The lowest BCUT2D eigenvalue weighted by atomic mass is 9.74. The molecule has 1 fully saturated rings. The number of benzene rings is 1. The maximum Gasteiger partial charge on any atom is 0.122 e. The van der Waals surface area contributed by atoms with Crippen LogP contribution < -0.4 is 0 Å². The molecule has 17 heavy (non-hydrogen) atoms. The average Bonchev–Trinajstić information content (AvgIpc) is 2.29. The van der Waals surface area contributed by atoms with Gasteiger partial charge in [-0.15, -0.1) is 0 Å². The fraction of sp³-hybridized carbons (Fsp3) is 0.467. The third kappa shape index (κ3) is 2.42. The van der Waals surface area contributed by atoms with Crippen molar-refractivity contribution < 1.29 is 4.74 Å². The van der Waals surface area contributed by atoms with Crippen LogP contribution in [0.3, 0.4) is 0 Å². The van der Waals surface area contributed by atoms with E-state index in [4.69, 9.17) is 4.74 Å². The summed E-state index contributed by atoms with van der Waals surface area (Å²) in [5.74, 6) is 2.76. The zero-order valence-corrected chi connectivity index (χ0v) is 11.4. The van der Waals surface area contributed by atoms with Crippen molar-refractivity contribution in [2.45, 2.75) is 25.7 Å². The molecule has 1 atom stereocenters. The van der Waals surface area contributed by atoms with Crippen LogP contribution in [0.5, 0.6) is 0 Å². The number of hydrogen-bond acceptors (Lipinski definition) is 1. The minimum atomic E-state index is 0.767. The van der Waals surface area contributed by atoms with Crippen LogP contribution in [-0.4, -0.2) is 6.61 Å². The summed E-state index contributed by atoms with van der Waals surface area (Å²) in [4.78, 5) is 0. The molecule has 0 aromatic heterocycles. The Bertz CT molecular complexity index is 417. The fourth-order valence-electron chi connectivity index (χ4n) is 2.64. The minimum absolute atomic E-state index is 0.767. The van der Waals surface area contributed by atoms with Gasteiger partial charge in [-0.3, -0.25) is 0 Å². The van der Waals surface area contributed by atoms with E-state index in [2.05, 4.69) is 46.3 Å². The largest absolute Gasteiger partial charge is 0.493 e.